The van der Waals surface area contributed by atoms with Crippen LogP contribution in [0.15, 0.2) is 188 Å². The van der Waals surface area contributed by atoms with Crippen LogP contribution in [0.4, 0.5) is 0 Å². The second-order valence-electron chi connectivity index (χ2n) is 13.7. The highest BCUT2D eigenvalue weighted by Gasteiger charge is 2.17. The first-order chi connectivity index (χ1) is 26.2. The predicted octanol–water partition coefficient (Wildman–Crippen LogP) is 13.8. The number of nitrogens with zero attached hydrogens (tertiary/aromatic N) is 2. The number of aromatic nitrogens is 2. The Kier molecular flexibility index (Phi) is 5.96. The van der Waals surface area contributed by atoms with Gasteiger partial charge in [0.2, 0.25) is 0 Å². The highest BCUT2D eigenvalue weighted by atomic mass is 32.2. The topological polar surface area (TPSA) is 36.1 Å². The second kappa shape index (κ2) is 10.9. The fourth-order valence-corrected chi connectivity index (χ4v) is 9.33. The number of para-hydroxylation sites is 4. The second-order valence-corrected chi connectivity index (χ2v) is 14.9. The molecule has 0 saturated carbocycles. The molecule has 0 fully saturated rings. The Morgan fingerprint density at radius 1 is 0.302 bits per heavy atom. The monoisotopic (exact) mass is 696 g/mol. The zero-order valence-electron chi connectivity index (χ0n) is 28.3. The molecule has 8 aromatic carbocycles. The molecule has 0 N–H and O–H groups in total. The maximum atomic E-state index is 6.16. The van der Waals surface area contributed by atoms with Gasteiger partial charge >= 0.3 is 0 Å². The van der Waals surface area contributed by atoms with Crippen LogP contribution in [-0.4, -0.2) is 9.13 Å². The molecule has 4 nitrogen and oxygen atoms in total. The Balaban J connectivity index is 0.970. The standard InChI is InChI=1S/C48H28N2O2S/c1-5-13-41-33(9-1)37-27-31(19-21-43(37)49(41)29-17-23-47-39(25-29)35-11-3-7-15-45(35)51-47)53-32-20-22-44-38(28-32)34-10-2-6-14-42(34)50(44)30-18-24-48-40(26-30)36-12-4-8-16-46(36)52-48/h1-28H. The van der Waals surface area contributed by atoms with E-state index in [-0.39, 0.29) is 0 Å². The van der Waals surface area contributed by atoms with Gasteiger partial charge in [-0.2, -0.15) is 0 Å². The molecule has 12 rings (SSSR count). The van der Waals surface area contributed by atoms with E-state index >= 15 is 0 Å². The van der Waals surface area contributed by atoms with E-state index in [4.69, 9.17) is 8.83 Å². The highest BCUT2D eigenvalue weighted by molar-refractivity contribution is 7.99. The van der Waals surface area contributed by atoms with Crippen LogP contribution in [-0.2, 0) is 0 Å². The molecule has 0 spiro atoms. The molecule has 4 aromatic heterocycles. The maximum absolute atomic E-state index is 6.16. The summed E-state index contributed by atoms with van der Waals surface area (Å²) in [6.07, 6.45) is 0. The summed E-state index contributed by atoms with van der Waals surface area (Å²) >= 11 is 1.81. The fraction of sp³-hybridized carbons (Fsp3) is 0. The van der Waals surface area contributed by atoms with Gasteiger partial charge in [0.25, 0.3) is 0 Å². The van der Waals surface area contributed by atoms with Crippen LogP contribution in [0.25, 0.3) is 98.9 Å². The first-order valence-corrected chi connectivity index (χ1v) is 18.6. The molecular weight excluding hydrogens is 669 g/mol. The lowest BCUT2D eigenvalue weighted by Gasteiger charge is -2.09. The van der Waals surface area contributed by atoms with Crippen LogP contribution in [0.3, 0.4) is 0 Å². The van der Waals surface area contributed by atoms with E-state index in [0.29, 0.717) is 0 Å². The molecule has 248 valence electrons. The van der Waals surface area contributed by atoms with Crippen LogP contribution in [0, 0.1) is 0 Å². The number of hydrogen-bond acceptors (Lipinski definition) is 3. The minimum Gasteiger partial charge on any atom is -0.456 e. The van der Waals surface area contributed by atoms with E-state index in [2.05, 4.69) is 155 Å². The van der Waals surface area contributed by atoms with E-state index in [1.807, 2.05) is 36.0 Å². The highest BCUT2D eigenvalue weighted by Crippen LogP contribution is 2.41. The van der Waals surface area contributed by atoms with Crippen molar-refractivity contribution in [3.05, 3.63) is 170 Å². The van der Waals surface area contributed by atoms with Gasteiger partial charge in [-0.25, -0.2) is 0 Å². The SMILES string of the molecule is c1ccc2c(c1)oc1ccc(-n3c4ccccc4c4cc(Sc5ccc6c(c5)c5ccccc5n6-c5ccc6oc7ccccc7c6c5)ccc43)cc12. The Morgan fingerprint density at radius 3 is 1.19 bits per heavy atom. The van der Waals surface area contributed by atoms with Gasteiger partial charge in [0.05, 0.1) is 22.1 Å². The van der Waals surface area contributed by atoms with E-state index in [1.165, 1.54) is 53.4 Å². The van der Waals surface area contributed by atoms with Gasteiger partial charge in [0.1, 0.15) is 22.3 Å². The molecule has 0 amide bonds. The summed E-state index contributed by atoms with van der Waals surface area (Å²) in [5.41, 5.74) is 10.6. The Bertz CT molecular complexity index is 3220. The first-order valence-electron chi connectivity index (χ1n) is 17.8. The van der Waals surface area contributed by atoms with Gasteiger partial charge in [-0.1, -0.05) is 84.6 Å². The number of fused-ring (bicyclic) bond motifs is 12. The van der Waals surface area contributed by atoms with Crippen molar-refractivity contribution in [2.45, 2.75) is 9.79 Å². The number of rotatable bonds is 4. The third kappa shape index (κ3) is 4.26. The molecule has 12 aromatic rings. The summed E-state index contributed by atoms with van der Waals surface area (Å²) in [6.45, 7) is 0. The zero-order chi connectivity index (χ0) is 34.6. The van der Waals surface area contributed by atoms with Crippen molar-refractivity contribution in [1.82, 2.24) is 9.13 Å². The number of furan rings is 2. The van der Waals surface area contributed by atoms with E-state index in [9.17, 15) is 0 Å². The minimum absolute atomic E-state index is 0.905. The van der Waals surface area contributed by atoms with Gasteiger partial charge in [-0.05, 0) is 97.1 Å². The third-order valence-electron chi connectivity index (χ3n) is 10.8. The Morgan fingerprint density at radius 2 is 0.698 bits per heavy atom. The molecule has 0 atom stereocenters. The van der Waals surface area contributed by atoms with Gasteiger partial charge in [-0.15, -0.1) is 0 Å². The number of hydrogen-bond donors (Lipinski definition) is 0. The molecule has 53 heavy (non-hydrogen) atoms. The quantitative estimate of drug-likeness (QED) is 0.184. The third-order valence-corrected chi connectivity index (χ3v) is 11.7. The van der Waals surface area contributed by atoms with Gasteiger partial charge in [0.15, 0.2) is 0 Å². The summed E-state index contributed by atoms with van der Waals surface area (Å²) in [4.78, 5) is 2.41. The van der Waals surface area contributed by atoms with Crippen molar-refractivity contribution in [3.8, 4) is 11.4 Å². The Hall–Kier alpha value is -6.69. The average molecular weight is 697 g/mol. The van der Waals surface area contributed by atoms with Crippen LogP contribution in [0.1, 0.15) is 0 Å². The van der Waals surface area contributed by atoms with Crippen molar-refractivity contribution in [1.29, 1.82) is 0 Å². The lowest BCUT2D eigenvalue weighted by molar-refractivity contribution is 0.668. The fourth-order valence-electron chi connectivity index (χ4n) is 8.43. The zero-order valence-corrected chi connectivity index (χ0v) is 29.1. The van der Waals surface area contributed by atoms with Gasteiger partial charge in [0, 0.05) is 64.3 Å². The molecule has 0 saturated heterocycles. The first kappa shape index (κ1) is 28.9. The summed E-state index contributed by atoms with van der Waals surface area (Å²) in [5.74, 6) is 0. The van der Waals surface area contributed by atoms with E-state index < -0.39 is 0 Å². The molecule has 0 bridgehead atoms. The molecule has 0 aliphatic carbocycles. The molecule has 0 aliphatic rings. The van der Waals surface area contributed by atoms with Gasteiger partial charge < -0.3 is 18.0 Å². The summed E-state index contributed by atoms with van der Waals surface area (Å²) in [7, 11) is 0. The van der Waals surface area contributed by atoms with Crippen LogP contribution >= 0.6 is 11.8 Å². The largest absolute Gasteiger partial charge is 0.456 e. The van der Waals surface area contributed by atoms with Crippen molar-refractivity contribution in [2.24, 2.45) is 0 Å². The molecule has 0 unspecified atom stereocenters. The molecule has 4 heterocycles. The van der Waals surface area contributed by atoms with Crippen molar-refractivity contribution in [3.63, 3.8) is 0 Å². The summed E-state index contributed by atoms with van der Waals surface area (Å²) < 4.78 is 17.1. The predicted molar refractivity (Wildman–Crippen MR) is 220 cm³/mol. The number of benzene rings is 8. The molecule has 0 radical (unpaired) electrons. The van der Waals surface area contributed by atoms with E-state index in [0.717, 1.165) is 55.3 Å². The Labute approximate surface area is 307 Å². The van der Waals surface area contributed by atoms with E-state index in [1.54, 1.807) is 0 Å². The molecule has 5 heteroatoms. The maximum Gasteiger partial charge on any atom is 0.135 e. The molecule has 0 aliphatic heterocycles. The van der Waals surface area contributed by atoms with Crippen LogP contribution in [0.2, 0.25) is 0 Å². The van der Waals surface area contributed by atoms with Crippen LogP contribution < -0.4 is 0 Å². The lowest BCUT2D eigenvalue weighted by Crippen LogP contribution is -1.93. The molecular formula is C48H28N2O2S. The lowest BCUT2D eigenvalue weighted by atomic mass is 10.1. The normalized spacial score (nSPS) is 12.2. The van der Waals surface area contributed by atoms with Crippen LogP contribution in [0.5, 0.6) is 0 Å². The summed E-state index contributed by atoms with van der Waals surface area (Å²) in [6, 6.07) is 60.8. The summed E-state index contributed by atoms with van der Waals surface area (Å²) in [5, 5.41) is 9.48. The van der Waals surface area contributed by atoms with Crippen molar-refractivity contribution < 1.29 is 8.83 Å². The minimum atomic E-state index is 0.905. The van der Waals surface area contributed by atoms with Gasteiger partial charge in [-0.3, -0.25) is 0 Å². The average Bonchev–Trinajstić information content (AvgIpc) is 3.95. The smallest absolute Gasteiger partial charge is 0.135 e. The van der Waals surface area contributed by atoms with Crippen molar-refractivity contribution >= 4 is 99.3 Å². The van der Waals surface area contributed by atoms with Crippen molar-refractivity contribution in [2.75, 3.05) is 0 Å².